The van der Waals surface area contributed by atoms with Crippen LogP contribution in [0.1, 0.15) is 127 Å². The third-order valence-electron chi connectivity index (χ3n) is 11.2. The molecule has 0 amide bonds. The van der Waals surface area contributed by atoms with Gasteiger partial charge in [0.1, 0.15) is 23.3 Å². The number of aliphatic imine (C=N–C) groups is 2. The standard InChI is InChI=1S/C54H49F4N3/c1-32(2)46-10-8-11-47(33(3)4)54(46)60-36(7)50-13-9-12-49(61-50)35(6)59-53-34(5)30-41(51(37-14-22-42(55)23-15-37)38-16-24-43(56)25-17-38)31-48(53)52(39-18-26-44(57)27-19-39)40-20-28-45(58)29-21-40/h8-33,51-52H,1-7H3. The van der Waals surface area contributed by atoms with E-state index in [2.05, 4.69) is 58.0 Å². The van der Waals surface area contributed by atoms with E-state index >= 15 is 0 Å². The third kappa shape index (κ3) is 9.62. The van der Waals surface area contributed by atoms with Crippen molar-refractivity contribution in [2.75, 3.05) is 0 Å². The minimum atomic E-state index is -0.515. The zero-order chi connectivity index (χ0) is 43.4. The van der Waals surface area contributed by atoms with Crippen LogP contribution in [-0.4, -0.2) is 16.4 Å². The van der Waals surface area contributed by atoms with E-state index in [1.54, 1.807) is 48.5 Å². The number of rotatable bonds is 12. The zero-order valence-electron chi connectivity index (χ0n) is 35.5. The molecule has 61 heavy (non-hydrogen) atoms. The summed E-state index contributed by atoms with van der Waals surface area (Å²) in [4.78, 5) is 15.6. The van der Waals surface area contributed by atoms with Crippen molar-refractivity contribution in [3.05, 3.63) is 230 Å². The van der Waals surface area contributed by atoms with Crippen molar-refractivity contribution in [1.82, 2.24) is 4.98 Å². The number of nitrogens with zero attached hydrogens (tertiary/aromatic N) is 3. The lowest BCUT2D eigenvalue weighted by Gasteiger charge is -2.26. The molecule has 0 saturated heterocycles. The second-order valence-corrected chi connectivity index (χ2v) is 16.2. The Balaban J connectivity index is 1.43. The fourth-order valence-corrected chi connectivity index (χ4v) is 8.05. The third-order valence-corrected chi connectivity index (χ3v) is 11.2. The molecule has 0 aliphatic carbocycles. The van der Waals surface area contributed by atoms with Crippen LogP contribution < -0.4 is 0 Å². The van der Waals surface area contributed by atoms with Gasteiger partial charge in [-0.2, -0.15) is 0 Å². The van der Waals surface area contributed by atoms with Gasteiger partial charge >= 0.3 is 0 Å². The minimum Gasteiger partial charge on any atom is -0.251 e. The highest BCUT2D eigenvalue weighted by atomic mass is 19.1. The van der Waals surface area contributed by atoms with Crippen LogP contribution in [0.5, 0.6) is 0 Å². The summed E-state index contributed by atoms with van der Waals surface area (Å²) in [6, 6.07) is 41.6. The van der Waals surface area contributed by atoms with Gasteiger partial charge in [-0.15, -0.1) is 0 Å². The number of aromatic nitrogens is 1. The number of hydrogen-bond acceptors (Lipinski definition) is 3. The van der Waals surface area contributed by atoms with Crippen LogP contribution in [0.2, 0.25) is 0 Å². The lowest BCUT2D eigenvalue weighted by molar-refractivity contribution is 0.625. The van der Waals surface area contributed by atoms with Gasteiger partial charge in [-0.05, 0) is 143 Å². The number of halogens is 4. The number of benzene rings is 6. The topological polar surface area (TPSA) is 37.6 Å². The van der Waals surface area contributed by atoms with Crippen LogP contribution in [0.15, 0.2) is 156 Å². The molecular weight excluding hydrogens is 767 g/mol. The highest BCUT2D eigenvalue weighted by molar-refractivity contribution is 6.02. The van der Waals surface area contributed by atoms with Gasteiger partial charge in [0.25, 0.3) is 0 Å². The van der Waals surface area contributed by atoms with Crippen molar-refractivity contribution in [3.8, 4) is 0 Å². The lowest BCUT2D eigenvalue weighted by Crippen LogP contribution is -2.10. The first-order chi connectivity index (χ1) is 29.3. The molecule has 7 rings (SSSR count). The fourth-order valence-electron chi connectivity index (χ4n) is 8.05. The van der Waals surface area contributed by atoms with E-state index < -0.39 is 11.8 Å². The van der Waals surface area contributed by atoms with Crippen molar-refractivity contribution >= 4 is 22.8 Å². The Morgan fingerprint density at radius 1 is 0.426 bits per heavy atom. The van der Waals surface area contributed by atoms with E-state index in [9.17, 15) is 17.6 Å². The van der Waals surface area contributed by atoms with Gasteiger partial charge in [-0.3, -0.25) is 9.98 Å². The number of para-hydroxylation sites is 1. The molecule has 0 spiro atoms. The predicted molar refractivity (Wildman–Crippen MR) is 241 cm³/mol. The lowest BCUT2D eigenvalue weighted by atomic mass is 9.79. The molecule has 3 nitrogen and oxygen atoms in total. The van der Waals surface area contributed by atoms with Gasteiger partial charge in [0.2, 0.25) is 0 Å². The molecule has 308 valence electrons. The van der Waals surface area contributed by atoms with E-state index in [0.717, 1.165) is 56.0 Å². The maximum Gasteiger partial charge on any atom is 0.123 e. The molecule has 0 atom stereocenters. The van der Waals surface area contributed by atoms with Crippen molar-refractivity contribution in [2.45, 2.75) is 72.1 Å². The van der Waals surface area contributed by atoms with E-state index in [1.165, 1.54) is 59.7 Å². The predicted octanol–water partition coefficient (Wildman–Crippen LogP) is 14.8. The smallest absolute Gasteiger partial charge is 0.123 e. The van der Waals surface area contributed by atoms with Gasteiger partial charge in [0.15, 0.2) is 0 Å². The van der Waals surface area contributed by atoms with Gasteiger partial charge < -0.3 is 0 Å². The molecule has 0 aliphatic rings. The van der Waals surface area contributed by atoms with Crippen molar-refractivity contribution < 1.29 is 17.6 Å². The Hall–Kier alpha value is -6.47. The molecule has 7 heteroatoms. The molecule has 0 N–H and O–H groups in total. The van der Waals surface area contributed by atoms with Crippen LogP contribution >= 0.6 is 0 Å². The number of hydrogen-bond donors (Lipinski definition) is 0. The summed E-state index contributed by atoms with van der Waals surface area (Å²) >= 11 is 0. The molecule has 7 aromatic rings. The van der Waals surface area contributed by atoms with Gasteiger partial charge in [0.05, 0.1) is 34.2 Å². The summed E-state index contributed by atoms with van der Waals surface area (Å²) in [6.07, 6.45) is 0. The first kappa shape index (κ1) is 42.6. The van der Waals surface area contributed by atoms with E-state index in [0.29, 0.717) is 17.1 Å². The number of pyridine rings is 1. The molecule has 0 aliphatic heterocycles. The second kappa shape index (κ2) is 18.4. The Morgan fingerprint density at radius 2 is 0.787 bits per heavy atom. The largest absolute Gasteiger partial charge is 0.251 e. The average Bonchev–Trinajstić information content (AvgIpc) is 3.24. The average molecular weight is 816 g/mol. The van der Waals surface area contributed by atoms with Gasteiger partial charge in [-0.25, -0.2) is 22.5 Å². The molecule has 1 heterocycles. The Morgan fingerprint density at radius 3 is 1.18 bits per heavy atom. The first-order valence-electron chi connectivity index (χ1n) is 20.6. The van der Waals surface area contributed by atoms with Crippen LogP contribution in [0.4, 0.5) is 28.9 Å². The second-order valence-electron chi connectivity index (χ2n) is 16.2. The SMILES string of the molecule is CC(=Nc1c(C(C)C)cccc1C(C)C)c1cccc(C(C)=Nc2c(C)cc(C(c3ccc(F)cc3)c3ccc(F)cc3)cc2C(c2ccc(F)cc2)c2ccc(F)cc2)n1. The van der Waals surface area contributed by atoms with Crippen LogP contribution in [0.25, 0.3) is 0 Å². The fraction of sp³-hybridized carbons (Fsp3) is 0.204. The van der Waals surface area contributed by atoms with E-state index in [4.69, 9.17) is 15.0 Å². The normalized spacial score (nSPS) is 12.3. The Bertz CT molecular complexity index is 2580. The van der Waals surface area contributed by atoms with Crippen LogP contribution in [0, 0.1) is 30.2 Å². The van der Waals surface area contributed by atoms with Crippen molar-refractivity contribution in [3.63, 3.8) is 0 Å². The summed E-state index contributed by atoms with van der Waals surface area (Å²) < 4.78 is 57.6. The molecular formula is C54H49F4N3. The van der Waals surface area contributed by atoms with Crippen LogP contribution in [0.3, 0.4) is 0 Å². The highest BCUT2D eigenvalue weighted by Crippen LogP contribution is 2.44. The van der Waals surface area contributed by atoms with Gasteiger partial charge in [0, 0.05) is 11.8 Å². The summed E-state index contributed by atoms with van der Waals surface area (Å²) in [6.45, 7) is 14.6. The summed E-state index contributed by atoms with van der Waals surface area (Å²) in [5.41, 5.74) is 12.5. The Labute approximate surface area is 356 Å². The highest BCUT2D eigenvalue weighted by Gasteiger charge is 2.26. The quantitative estimate of drug-likeness (QED) is 0.0688. The minimum absolute atomic E-state index is 0.290. The molecule has 0 saturated carbocycles. The van der Waals surface area contributed by atoms with Gasteiger partial charge in [-0.1, -0.05) is 113 Å². The van der Waals surface area contributed by atoms with E-state index in [-0.39, 0.29) is 35.1 Å². The molecule has 0 bridgehead atoms. The molecule has 0 unspecified atom stereocenters. The summed E-state index contributed by atoms with van der Waals surface area (Å²) in [7, 11) is 0. The molecule has 6 aromatic carbocycles. The zero-order valence-corrected chi connectivity index (χ0v) is 35.5. The van der Waals surface area contributed by atoms with Crippen molar-refractivity contribution in [2.24, 2.45) is 9.98 Å². The monoisotopic (exact) mass is 815 g/mol. The molecule has 0 radical (unpaired) electrons. The summed E-state index contributed by atoms with van der Waals surface area (Å²) in [5.74, 6) is -1.86. The molecule has 0 fully saturated rings. The van der Waals surface area contributed by atoms with E-state index in [1.807, 2.05) is 39.0 Å². The summed E-state index contributed by atoms with van der Waals surface area (Å²) in [5, 5.41) is 0. The van der Waals surface area contributed by atoms with Crippen LogP contribution in [-0.2, 0) is 0 Å². The maximum absolute atomic E-state index is 14.5. The number of aryl methyl sites for hydroxylation is 1. The van der Waals surface area contributed by atoms with Crippen molar-refractivity contribution in [1.29, 1.82) is 0 Å². The molecule has 1 aromatic heterocycles. The maximum atomic E-state index is 14.5. The first-order valence-corrected chi connectivity index (χ1v) is 20.6. The Kier molecular flexibility index (Phi) is 12.9.